The van der Waals surface area contributed by atoms with Crippen LogP contribution in [0, 0.1) is 11.3 Å². The van der Waals surface area contributed by atoms with Crippen molar-refractivity contribution in [3.8, 4) is 11.8 Å². The molecule has 132 valence electrons. The Bertz CT molecular complexity index is 759. The molecule has 5 N–H and O–H groups in total. The highest BCUT2D eigenvalue weighted by atomic mass is 79.9. The van der Waals surface area contributed by atoms with E-state index in [-0.39, 0.29) is 18.5 Å². The fourth-order valence-corrected chi connectivity index (χ4v) is 2.77. The number of nitrogens with two attached hydrogens (primary N) is 1. The summed E-state index contributed by atoms with van der Waals surface area (Å²) in [6.45, 7) is -0.332. The van der Waals surface area contributed by atoms with E-state index in [2.05, 4.69) is 21.2 Å². The van der Waals surface area contributed by atoms with Gasteiger partial charge in [0, 0.05) is 12.0 Å². The first-order chi connectivity index (χ1) is 11.8. The third-order valence-electron chi connectivity index (χ3n) is 3.56. The van der Waals surface area contributed by atoms with E-state index in [1.165, 1.54) is 18.2 Å². The third-order valence-corrected chi connectivity index (χ3v) is 4.18. The Morgan fingerprint density at radius 2 is 2.16 bits per heavy atom. The van der Waals surface area contributed by atoms with Crippen molar-refractivity contribution < 1.29 is 24.5 Å². The number of hydrogen-bond acceptors (Lipinski definition) is 6. The number of halogens is 1. The van der Waals surface area contributed by atoms with Crippen molar-refractivity contribution in [1.82, 2.24) is 5.32 Å². The molecule has 3 unspecified atom stereocenters. The topological polar surface area (TPSA) is 146 Å². The molecule has 0 spiro atoms. The summed E-state index contributed by atoms with van der Waals surface area (Å²) >= 11 is 3.26. The van der Waals surface area contributed by atoms with Gasteiger partial charge in [-0.2, -0.15) is 5.26 Å². The lowest BCUT2D eigenvalue weighted by molar-refractivity contribution is -0.123. The van der Waals surface area contributed by atoms with Gasteiger partial charge in [-0.3, -0.25) is 9.59 Å². The fraction of sp³-hybridized carbons (Fsp3) is 0.312. The van der Waals surface area contributed by atoms with Crippen molar-refractivity contribution in [3.05, 3.63) is 39.9 Å². The minimum absolute atomic E-state index is 0.0832. The van der Waals surface area contributed by atoms with E-state index < -0.39 is 30.1 Å². The highest BCUT2D eigenvalue weighted by molar-refractivity contribution is 9.10. The molecule has 0 heterocycles. The molecule has 25 heavy (non-hydrogen) atoms. The molecule has 3 atom stereocenters. The second-order valence-electron chi connectivity index (χ2n) is 5.44. The van der Waals surface area contributed by atoms with Crippen molar-refractivity contribution >= 4 is 27.7 Å². The molecule has 0 saturated carbocycles. The second kappa shape index (κ2) is 8.11. The van der Waals surface area contributed by atoms with E-state index in [0.717, 1.165) is 0 Å². The first-order valence-corrected chi connectivity index (χ1v) is 8.10. The molecule has 9 heteroatoms. The summed E-state index contributed by atoms with van der Waals surface area (Å²) in [6, 6.07) is 6.61. The molecule has 0 fully saturated rings. The summed E-state index contributed by atoms with van der Waals surface area (Å²) in [6.07, 6.45) is -2.13. The Hall–Kier alpha value is -2.41. The minimum atomic E-state index is -1.24. The quantitative estimate of drug-likeness (QED) is 0.525. The van der Waals surface area contributed by atoms with Crippen LogP contribution in [0.2, 0.25) is 0 Å². The number of nitriles is 1. The van der Waals surface area contributed by atoms with E-state index in [4.69, 9.17) is 15.7 Å². The van der Waals surface area contributed by atoms with Crippen LogP contribution in [0.3, 0.4) is 0 Å². The number of nitrogens with zero attached hydrogens (tertiary/aromatic N) is 1. The zero-order chi connectivity index (χ0) is 18.6. The van der Waals surface area contributed by atoms with Crippen molar-refractivity contribution in [2.24, 2.45) is 5.73 Å². The van der Waals surface area contributed by atoms with Crippen molar-refractivity contribution in [1.29, 1.82) is 5.26 Å². The second-order valence-corrected chi connectivity index (χ2v) is 6.30. The standard InChI is InChI=1S/C16H16BrN3O5/c17-10-3-8(6-18)1-2-12(10)25-13-5-9(4-11(21)15(13)23)16(24)20-7-14(19)22/h1-3,5,11,13,15,21,23H,4,7H2,(H2,19,22)(H,20,24). The summed E-state index contributed by atoms with van der Waals surface area (Å²) in [5.41, 5.74) is 5.57. The van der Waals surface area contributed by atoms with E-state index in [9.17, 15) is 19.8 Å². The highest BCUT2D eigenvalue weighted by Gasteiger charge is 2.34. The molecule has 0 aliphatic heterocycles. The lowest BCUT2D eigenvalue weighted by atomic mass is 9.91. The first-order valence-electron chi connectivity index (χ1n) is 7.31. The Morgan fingerprint density at radius 3 is 2.76 bits per heavy atom. The van der Waals surface area contributed by atoms with Crippen LogP contribution in [0.25, 0.3) is 0 Å². The van der Waals surface area contributed by atoms with Crippen LogP contribution in [0.1, 0.15) is 12.0 Å². The number of aliphatic hydroxyl groups is 2. The molecule has 0 saturated heterocycles. The van der Waals surface area contributed by atoms with Gasteiger partial charge in [0.25, 0.3) is 0 Å². The average Bonchev–Trinajstić information content (AvgIpc) is 2.57. The number of ether oxygens (including phenoxy) is 1. The number of hydrogen-bond donors (Lipinski definition) is 4. The smallest absolute Gasteiger partial charge is 0.247 e. The van der Waals surface area contributed by atoms with E-state index in [0.29, 0.717) is 15.8 Å². The van der Waals surface area contributed by atoms with Gasteiger partial charge in [-0.15, -0.1) is 0 Å². The summed E-state index contributed by atoms with van der Waals surface area (Å²) in [5.74, 6) is -0.929. The lowest BCUT2D eigenvalue weighted by Crippen LogP contribution is -2.45. The zero-order valence-corrected chi connectivity index (χ0v) is 14.6. The van der Waals surface area contributed by atoms with Gasteiger partial charge in [0.2, 0.25) is 11.8 Å². The van der Waals surface area contributed by atoms with Crippen LogP contribution in [0.5, 0.6) is 5.75 Å². The highest BCUT2D eigenvalue weighted by Crippen LogP contribution is 2.30. The number of amides is 2. The maximum atomic E-state index is 12.0. The molecule has 1 aliphatic carbocycles. The number of carbonyl (C=O) groups excluding carboxylic acids is 2. The maximum Gasteiger partial charge on any atom is 0.247 e. The van der Waals surface area contributed by atoms with E-state index >= 15 is 0 Å². The Morgan fingerprint density at radius 1 is 1.44 bits per heavy atom. The largest absolute Gasteiger partial charge is 0.482 e. The molecule has 0 radical (unpaired) electrons. The van der Waals surface area contributed by atoms with Crippen molar-refractivity contribution in [2.75, 3.05) is 6.54 Å². The molecular weight excluding hydrogens is 394 g/mol. The number of primary amides is 1. The van der Waals surface area contributed by atoms with E-state index in [1.807, 2.05) is 6.07 Å². The Balaban J connectivity index is 2.19. The van der Waals surface area contributed by atoms with E-state index in [1.54, 1.807) is 6.07 Å². The van der Waals surface area contributed by atoms with Gasteiger partial charge in [-0.25, -0.2) is 0 Å². The molecule has 1 aliphatic rings. The summed E-state index contributed by atoms with van der Waals surface area (Å²) in [4.78, 5) is 22.8. The van der Waals surface area contributed by atoms with Gasteiger partial charge in [0.1, 0.15) is 18.0 Å². The number of carbonyl (C=O) groups is 2. The van der Waals surface area contributed by atoms with Crippen LogP contribution in [-0.2, 0) is 9.59 Å². The molecule has 2 rings (SSSR count). The molecule has 8 nitrogen and oxygen atoms in total. The molecule has 0 aromatic heterocycles. The van der Waals surface area contributed by atoms with Crippen LogP contribution < -0.4 is 15.8 Å². The normalized spacial score (nSPS) is 22.5. The monoisotopic (exact) mass is 409 g/mol. The third kappa shape index (κ3) is 4.79. The molecule has 2 amide bonds. The van der Waals surface area contributed by atoms with Crippen LogP contribution in [-0.4, -0.2) is 46.9 Å². The zero-order valence-electron chi connectivity index (χ0n) is 13.0. The lowest BCUT2D eigenvalue weighted by Gasteiger charge is -2.31. The molecule has 0 bridgehead atoms. The predicted octanol–water partition coefficient (Wildman–Crippen LogP) is -0.278. The van der Waals surface area contributed by atoms with Crippen LogP contribution in [0.4, 0.5) is 0 Å². The van der Waals surface area contributed by atoms with Gasteiger partial charge >= 0.3 is 0 Å². The van der Waals surface area contributed by atoms with Gasteiger partial charge < -0.3 is 26.0 Å². The van der Waals surface area contributed by atoms with Crippen molar-refractivity contribution in [3.63, 3.8) is 0 Å². The Kier molecular flexibility index (Phi) is 6.14. The molecule has 1 aromatic carbocycles. The number of aliphatic hydroxyl groups excluding tert-OH is 2. The SMILES string of the molecule is N#Cc1ccc(OC2C=C(C(=O)NCC(N)=O)CC(O)C2O)c(Br)c1. The minimum Gasteiger partial charge on any atom is -0.482 e. The molecular formula is C16H16BrN3O5. The summed E-state index contributed by atoms with van der Waals surface area (Å²) in [5, 5.41) is 31.3. The van der Waals surface area contributed by atoms with Crippen LogP contribution >= 0.6 is 15.9 Å². The van der Waals surface area contributed by atoms with Gasteiger partial charge in [0.15, 0.2) is 0 Å². The average molecular weight is 410 g/mol. The predicted molar refractivity (Wildman–Crippen MR) is 90.2 cm³/mol. The summed E-state index contributed by atoms with van der Waals surface area (Å²) < 4.78 is 6.15. The maximum absolute atomic E-state index is 12.0. The van der Waals surface area contributed by atoms with Gasteiger partial charge in [0.05, 0.1) is 28.8 Å². The number of nitrogens with one attached hydrogen (secondary N) is 1. The Labute approximate surface area is 152 Å². The van der Waals surface area contributed by atoms with Crippen LogP contribution in [0.15, 0.2) is 34.3 Å². The van der Waals surface area contributed by atoms with Gasteiger partial charge in [-0.1, -0.05) is 0 Å². The number of rotatable bonds is 5. The summed E-state index contributed by atoms with van der Waals surface area (Å²) in [7, 11) is 0. The first kappa shape index (κ1) is 18.9. The molecule has 1 aromatic rings. The van der Waals surface area contributed by atoms with Crippen molar-refractivity contribution in [2.45, 2.75) is 24.7 Å². The fourth-order valence-electron chi connectivity index (χ4n) is 2.30. The number of benzene rings is 1. The van der Waals surface area contributed by atoms with Gasteiger partial charge in [-0.05, 0) is 40.2 Å².